The van der Waals surface area contributed by atoms with E-state index in [0.29, 0.717) is 0 Å². The zero-order valence-electron chi connectivity index (χ0n) is 10.8. The van der Waals surface area contributed by atoms with Crippen LogP contribution < -0.4 is 0 Å². The number of ether oxygens (including phenoxy) is 3. The van der Waals surface area contributed by atoms with Gasteiger partial charge in [-0.15, -0.1) is 0 Å². The molecule has 1 heterocycles. The fourth-order valence-corrected chi connectivity index (χ4v) is 1.63. The molecule has 0 aliphatic carbocycles. The van der Waals surface area contributed by atoms with Gasteiger partial charge in [-0.2, -0.15) is 0 Å². The van der Waals surface area contributed by atoms with Crippen LogP contribution >= 0.6 is 0 Å². The van der Waals surface area contributed by atoms with Gasteiger partial charge in [0.1, 0.15) is 19.7 Å². The lowest BCUT2D eigenvalue weighted by Crippen LogP contribution is -2.64. The highest BCUT2D eigenvalue weighted by Crippen LogP contribution is 2.39. The van der Waals surface area contributed by atoms with Crippen LogP contribution in [-0.4, -0.2) is 57.3 Å². The van der Waals surface area contributed by atoms with Gasteiger partial charge in [-0.05, 0) is 0 Å². The third-order valence-corrected chi connectivity index (χ3v) is 2.73. The SMILES string of the molecule is COC1O[C@@H](C(F)([N+](=O)[O-])[N+](=O)[O-])[C@@H](C(F)([N+](=O)[O-])[N+](=O)[O-])O1. The van der Waals surface area contributed by atoms with Crippen LogP contribution in [0.3, 0.4) is 0 Å². The predicted octanol–water partition coefficient (Wildman–Crippen LogP) is -0.946. The van der Waals surface area contributed by atoms with Gasteiger partial charge < -0.3 is 14.2 Å². The number of nitro groups is 4. The van der Waals surface area contributed by atoms with Gasteiger partial charge in [0.05, 0.1) is 0 Å². The van der Waals surface area contributed by atoms with E-state index in [-0.39, 0.29) is 0 Å². The van der Waals surface area contributed by atoms with Crippen LogP contribution in [-0.2, 0) is 14.2 Å². The summed E-state index contributed by atoms with van der Waals surface area (Å²) >= 11 is 0. The summed E-state index contributed by atoms with van der Waals surface area (Å²) in [4.78, 5) is 33.6. The molecule has 23 heavy (non-hydrogen) atoms. The van der Waals surface area contributed by atoms with Crippen molar-refractivity contribution in [3.05, 3.63) is 40.5 Å². The van der Waals surface area contributed by atoms with Crippen molar-refractivity contribution in [3.8, 4) is 0 Å². The topological polar surface area (TPSA) is 200 Å². The number of alkyl halides is 2. The standard InChI is InChI=1S/C6H6F2N4O11/c1-21-4-22-2(5(7,9(13)14)10(15)16)3(23-4)6(8,11(17)18)12(19)20/h2-4H,1H3/t2-,3+,4?. The highest BCUT2D eigenvalue weighted by Gasteiger charge is 2.83. The minimum absolute atomic E-state index is 0.737. The summed E-state index contributed by atoms with van der Waals surface area (Å²) in [6, 6.07) is 0. The highest BCUT2D eigenvalue weighted by atomic mass is 19.2. The molecule has 1 unspecified atom stereocenters. The molecule has 0 radical (unpaired) electrons. The van der Waals surface area contributed by atoms with Crippen molar-refractivity contribution in [2.45, 2.75) is 30.5 Å². The molecule has 0 aromatic heterocycles. The first-order valence-electron chi connectivity index (χ1n) is 5.23. The average molecular weight is 348 g/mol. The first kappa shape index (κ1) is 18.4. The number of hydrogen-bond donors (Lipinski definition) is 0. The van der Waals surface area contributed by atoms with Gasteiger partial charge in [-0.1, -0.05) is 8.78 Å². The molecular formula is C6H6F2N4O11. The summed E-state index contributed by atoms with van der Waals surface area (Å²) in [5, 5.41) is 42.4. The fraction of sp³-hybridized carbons (Fsp3) is 1.00. The van der Waals surface area contributed by atoms with Crippen molar-refractivity contribution < 1.29 is 42.7 Å². The lowest BCUT2D eigenvalue weighted by molar-refractivity contribution is -0.861. The van der Waals surface area contributed by atoms with Gasteiger partial charge in [0.2, 0.25) is 0 Å². The molecule has 0 aromatic rings. The quantitative estimate of drug-likeness (QED) is 0.237. The zero-order valence-corrected chi connectivity index (χ0v) is 10.8. The van der Waals surface area contributed by atoms with Gasteiger partial charge in [0.15, 0.2) is 0 Å². The van der Waals surface area contributed by atoms with Crippen molar-refractivity contribution in [1.82, 2.24) is 0 Å². The van der Waals surface area contributed by atoms with E-state index in [2.05, 4.69) is 14.2 Å². The van der Waals surface area contributed by atoms with Crippen LogP contribution in [0, 0.1) is 40.5 Å². The third kappa shape index (κ3) is 2.59. The molecule has 0 amide bonds. The first-order valence-corrected chi connectivity index (χ1v) is 5.23. The summed E-state index contributed by atoms with van der Waals surface area (Å²) in [5.74, 6) is -9.75. The van der Waals surface area contributed by atoms with Gasteiger partial charge in [-0.3, -0.25) is 40.5 Å². The van der Waals surface area contributed by atoms with Gasteiger partial charge in [0, 0.05) is 7.11 Å². The maximum Gasteiger partial charge on any atom is 0.644 e. The predicted molar refractivity (Wildman–Crippen MR) is 56.2 cm³/mol. The minimum Gasteiger partial charge on any atom is -0.333 e. The average Bonchev–Trinajstić information content (AvgIpc) is 2.89. The Kier molecular flexibility index (Phi) is 4.68. The molecule has 0 aromatic carbocycles. The maximum atomic E-state index is 14.1. The number of rotatable bonds is 7. The van der Waals surface area contributed by atoms with Crippen molar-refractivity contribution >= 4 is 0 Å². The highest BCUT2D eigenvalue weighted by molar-refractivity contribution is 4.87. The van der Waals surface area contributed by atoms with Crippen molar-refractivity contribution in [3.63, 3.8) is 0 Å². The van der Waals surface area contributed by atoms with Crippen LogP contribution in [0.1, 0.15) is 0 Å². The Morgan fingerprint density at radius 1 is 0.826 bits per heavy atom. The van der Waals surface area contributed by atoms with E-state index in [1.165, 1.54) is 0 Å². The summed E-state index contributed by atoms with van der Waals surface area (Å²) < 4.78 is 40.8. The number of methoxy groups -OCH3 is 1. The molecule has 130 valence electrons. The normalized spacial score (nSPS) is 25.1. The van der Waals surface area contributed by atoms with E-state index in [9.17, 15) is 49.2 Å². The summed E-state index contributed by atoms with van der Waals surface area (Å²) in [7, 11) is 0.737. The molecule has 1 aliphatic heterocycles. The van der Waals surface area contributed by atoms with Gasteiger partial charge in [-0.25, -0.2) is 0 Å². The second-order valence-corrected chi connectivity index (χ2v) is 3.94. The van der Waals surface area contributed by atoms with Crippen LogP contribution in [0.2, 0.25) is 0 Å². The number of hydrogen-bond acceptors (Lipinski definition) is 11. The molecule has 1 rings (SSSR count). The Hall–Kier alpha value is -2.66. The third-order valence-electron chi connectivity index (χ3n) is 2.73. The molecule has 17 heteroatoms. The lowest BCUT2D eigenvalue weighted by Gasteiger charge is -2.19. The Bertz CT molecular complexity index is 483. The molecule has 3 atom stereocenters. The molecule has 0 spiro atoms. The Morgan fingerprint density at radius 3 is 1.26 bits per heavy atom. The fourth-order valence-electron chi connectivity index (χ4n) is 1.63. The molecule has 0 N–H and O–H groups in total. The van der Waals surface area contributed by atoms with E-state index in [1.807, 2.05) is 0 Å². The van der Waals surface area contributed by atoms with E-state index >= 15 is 0 Å². The molecule has 0 saturated carbocycles. The van der Waals surface area contributed by atoms with E-state index in [4.69, 9.17) is 0 Å². The number of nitrogens with zero attached hydrogens (tertiary/aromatic N) is 4. The molecule has 15 nitrogen and oxygen atoms in total. The largest absolute Gasteiger partial charge is 0.644 e. The summed E-state index contributed by atoms with van der Waals surface area (Å²) in [6.07, 6.45) is -6.59. The van der Waals surface area contributed by atoms with Crippen LogP contribution in [0.15, 0.2) is 0 Å². The minimum atomic E-state index is -4.87. The molecular weight excluding hydrogens is 342 g/mol. The van der Waals surface area contributed by atoms with Crippen LogP contribution in [0.25, 0.3) is 0 Å². The summed E-state index contributed by atoms with van der Waals surface area (Å²) in [5.41, 5.74) is 0. The zero-order chi connectivity index (χ0) is 18.2. The molecule has 1 saturated heterocycles. The van der Waals surface area contributed by atoms with Gasteiger partial charge in [0.25, 0.3) is 18.7 Å². The van der Waals surface area contributed by atoms with E-state index < -0.39 is 50.2 Å². The Balaban J connectivity index is 3.49. The van der Waals surface area contributed by atoms with E-state index in [0.717, 1.165) is 7.11 Å². The lowest BCUT2D eigenvalue weighted by atomic mass is 10.1. The smallest absolute Gasteiger partial charge is 0.333 e. The monoisotopic (exact) mass is 348 g/mol. The van der Waals surface area contributed by atoms with Crippen molar-refractivity contribution in [2.75, 3.05) is 7.11 Å². The molecule has 1 aliphatic rings. The van der Waals surface area contributed by atoms with Crippen molar-refractivity contribution in [2.24, 2.45) is 0 Å². The first-order chi connectivity index (χ1) is 10.4. The second-order valence-electron chi connectivity index (χ2n) is 3.94. The molecule has 0 bridgehead atoms. The van der Waals surface area contributed by atoms with Crippen molar-refractivity contribution in [1.29, 1.82) is 0 Å². The Morgan fingerprint density at radius 2 is 1.09 bits per heavy atom. The van der Waals surface area contributed by atoms with Crippen LogP contribution in [0.5, 0.6) is 0 Å². The number of halogens is 2. The van der Waals surface area contributed by atoms with Crippen LogP contribution in [0.4, 0.5) is 8.78 Å². The van der Waals surface area contributed by atoms with Gasteiger partial charge >= 0.3 is 11.8 Å². The Labute approximate surface area is 122 Å². The maximum absolute atomic E-state index is 14.1. The summed E-state index contributed by atoms with van der Waals surface area (Å²) in [6.45, 7) is -2.25. The molecule has 1 fully saturated rings. The van der Waals surface area contributed by atoms with E-state index in [1.54, 1.807) is 0 Å². The second kappa shape index (κ2) is 5.85.